The number of oxime groups is 1. The first-order valence-electron chi connectivity index (χ1n) is 16.2. The Kier molecular flexibility index (Phi) is 15.2. The van der Waals surface area contributed by atoms with Crippen LogP contribution in [0.3, 0.4) is 0 Å². The summed E-state index contributed by atoms with van der Waals surface area (Å²) in [6, 6.07) is 21.5. The predicted molar refractivity (Wildman–Crippen MR) is 191 cm³/mol. The van der Waals surface area contributed by atoms with Crippen molar-refractivity contribution in [3.8, 4) is 0 Å². The van der Waals surface area contributed by atoms with Crippen molar-refractivity contribution in [2.75, 3.05) is 13.1 Å². The Bertz CT molecular complexity index is 1670. The topological polar surface area (TPSA) is 233 Å². The molecule has 0 bridgehead atoms. The molecule has 0 aliphatic rings. The van der Waals surface area contributed by atoms with Crippen LogP contribution in [0.2, 0.25) is 0 Å². The monoisotopic (exact) mass is 709 g/mol. The number of rotatable bonds is 19. The summed E-state index contributed by atoms with van der Waals surface area (Å²) in [6.45, 7) is 3.39. The minimum Gasteiger partial charge on any atom is -0.465 e. The van der Waals surface area contributed by atoms with Crippen molar-refractivity contribution >= 4 is 34.2 Å². The Hall–Kier alpha value is -4.99. The molecule has 50 heavy (non-hydrogen) atoms. The van der Waals surface area contributed by atoms with E-state index in [0.29, 0.717) is 12.0 Å². The molecule has 14 nitrogen and oxygen atoms in total. The van der Waals surface area contributed by atoms with E-state index in [1.54, 1.807) is 12.1 Å². The standard InChI is InChI=1S/C35H47N7O7S/c1-24(2)22-42(50(48,49)29-16-13-27(14-17-29)21-38-47)23-32(43)31(20-26-11-7-4-8-12-26)40-33(44)30(41-35(45)46)18-15-28(39-34(36)37)19-25-9-5-3-6-10-25/h3-14,16-17,21,24,28,30-32,41,43,47H,15,18-20,22-23H2,1-2H3,(H,40,44)(H,45,46)(H4,36,37,39)/t28?,30-,31-,32-/m0/s1. The van der Waals surface area contributed by atoms with Crippen molar-refractivity contribution in [3.63, 3.8) is 0 Å². The average Bonchev–Trinajstić information content (AvgIpc) is 3.06. The van der Waals surface area contributed by atoms with Crippen LogP contribution >= 0.6 is 0 Å². The Balaban J connectivity index is 1.87. The summed E-state index contributed by atoms with van der Waals surface area (Å²) < 4.78 is 28.8. The third-order valence-corrected chi connectivity index (χ3v) is 9.67. The van der Waals surface area contributed by atoms with Gasteiger partial charge in [-0.15, -0.1) is 0 Å². The fourth-order valence-electron chi connectivity index (χ4n) is 5.48. The number of guanidine groups is 1. The first-order chi connectivity index (χ1) is 23.8. The maximum atomic E-state index is 13.8. The van der Waals surface area contributed by atoms with E-state index in [1.165, 1.54) is 30.5 Å². The van der Waals surface area contributed by atoms with Gasteiger partial charge in [-0.2, -0.15) is 4.31 Å². The average molecular weight is 710 g/mol. The van der Waals surface area contributed by atoms with Gasteiger partial charge in [0.25, 0.3) is 0 Å². The molecule has 9 N–H and O–H groups in total. The van der Waals surface area contributed by atoms with Crippen molar-refractivity contribution in [1.82, 2.24) is 14.9 Å². The second-order valence-electron chi connectivity index (χ2n) is 12.4. The quantitative estimate of drug-likeness (QED) is 0.0419. The van der Waals surface area contributed by atoms with Crippen molar-refractivity contribution in [1.29, 1.82) is 0 Å². The molecule has 2 amide bonds. The molecule has 270 valence electrons. The van der Waals surface area contributed by atoms with Gasteiger partial charge in [0.05, 0.1) is 29.3 Å². The lowest BCUT2D eigenvalue weighted by atomic mass is 9.98. The normalized spacial score (nSPS) is 14.2. The molecule has 0 radical (unpaired) electrons. The lowest BCUT2D eigenvalue weighted by Crippen LogP contribution is -2.55. The zero-order valence-corrected chi connectivity index (χ0v) is 29.0. The van der Waals surface area contributed by atoms with Gasteiger partial charge in [0, 0.05) is 13.1 Å². The number of hydrogen-bond donors (Lipinski definition) is 7. The van der Waals surface area contributed by atoms with Crippen LogP contribution in [0.5, 0.6) is 0 Å². The van der Waals surface area contributed by atoms with Crippen LogP contribution < -0.4 is 22.1 Å². The second kappa shape index (κ2) is 19.3. The molecule has 0 saturated carbocycles. The SMILES string of the molecule is CC(C)CN(C[C@H](O)[C@H](Cc1ccccc1)NC(=O)[C@H](CCC(Cc1ccccc1)N=C(N)N)NC(=O)O)S(=O)(=O)c1ccc(C=NO)cc1. The van der Waals surface area contributed by atoms with E-state index in [2.05, 4.69) is 20.8 Å². The Morgan fingerprint density at radius 1 is 0.860 bits per heavy atom. The van der Waals surface area contributed by atoms with E-state index in [-0.39, 0.29) is 49.1 Å². The number of aliphatic imine (C=N–C) groups is 1. The van der Waals surface area contributed by atoms with Gasteiger partial charge < -0.3 is 37.5 Å². The van der Waals surface area contributed by atoms with E-state index >= 15 is 0 Å². The molecular weight excluding hydrogens is 662 g/mol. The molecule has 0 aliphatic carbocycles. The van der Waals surface area contributed by atoms with Crippen LogP contribution in [0.1, 0.15) is 43.4 Å². The highest BCUT2D eigenvalue weighted by Crippen LogP contribution is 2.20. The summed E-state index contributed by atoms with van der Waals surface area (Å²) in [5.41, 5.74) is 13.5. The van der Waals surface area contributed by atoms with Crippen molar-refractivity contribution < 1.29 is 33.4 Å². The first-order valence-corrected chi connectivity index (χ1v) is 17.6. The van der Waals surface area contributed by atoms with Gasteiger partial charge in [0.2, 0.25) is 15.9 Å². The predicted octanol–water partition coefficient (Wildman–Crippen LogP) is 2.53. The minimum atomic E-state index is -4.11. The van der Waals surface area contributed by atoms with Gasteiger partial charge in [-0.25, -0.2) is 18.2 Å². The number of hydrogen-bond acceptors (Lipinski definition) is 8. The fraction of sp³-hybridized carbons (Fsp3) is 0.371. The molecule has 0 saturated heterocycles. The number of nitrogens with zero attached hydrogens (tertiary/aromatic N) is 3. The molecule has 0 aromatic heterocycles. The minimum absolute atomic E-state index is 0.0272. The summed E-state index contributed by atoms with van der Waals surface area (Å²) >= 11 is 0. The highest BCUT2D eigenvalue weighted by Gasteiger charge is 2.33. The van der Waals surface area contributed by atoms with Crippen LogP contribution in [-0.4, -0.2) is 89.6 Å². The lowest BCUT2D eigenvalue weighted by Gasteiger charge is -2.31. The van der Waals surface area contributed by atoms with E-state index in [0.717, 1.165) is 15.4 Å². The summed E-state index contributed by atoms with van der Waals surface area (Å²) in [7, 11) is -4.11. The summed E-state index contributed by atoms with van der Waals surface area (Å²) in [5.74, 6) is -0.951. The van der Waals surface area contributed by atoms with E-state index in [1.807, 2.05) is 62.4 Å². The number of nitrogens with two attached hydrogens (primary N) is 2. The summed E-state index contributed by atoms with van der Waals surface area (Å²) in [5, 5.41) is 38.1. The van der Waals surface area contributed by atoms with Crippen LogP contribution in [0.15, 0.2) is 100.0 Å². The summed E-state index contributed by atoms with van der Waals surface area (Å²) in [6.07, 6.45) is -0.786. The van der Waals surface area contributed by atoms with Crippen LogP contribution in [-0.2, 0) is 27.7 Å². The zero-order valence-electron chi connectivity index (χ0n) is 28.2. The molecule has 0 heterocycles. The molecule has 15 heteroatoms. The van der Waals surface area contributed by atoms with Crippen molar-refractivity contribution in [2.45, 2.75) is 68.7 Å². The molecule has 3 rings (SSSR count). The van der Waals surface area contributed by atoms with E-state index in [4.69, 9.17) is 16.7 Å². The molecule has 0 fully saturated rings. The van der Waals surface area contributed by atoms with Gasteiger partial charge in [0.1, 0.15) is 6.04 Å². The highest BCUT2D eigenvalue weighted by atomic mass is 32.2. The number of benzene rings is 3. The Labute approximate surface area is 293 Å². The molecule has 0 spiro atoms. The van der Waals surface area contributed by atoms with Gasteiger partial charge in [-0.05, 0) is 60.4 Å². The molecule has 4 atom stereocenters. The summed E-state index contributed by atoms with van der Waals surface area (Å²) in [4.78, 5) is 29.8. The number of nitrogens with one attached hydrogen (secondary N) is 2. The van der Waals surface area contributed by atoms with E-state index < -0.39 is 46.3 Å². The van der Waals surface area contributed by atoms with Crippen LogP contribution in [0.25, 0.3) is 0 Å². The first kappa shape index (κ1) is 39.4. The number of carbonyl (C=O) groups is 2. The second-order valence-corrected chi connectivity index (χ2v) is 14.3. The Morgan fingerprint density at radius 3 is 1.96 bits per heavy atom. The number of amides is 2. The van der Waals surface area contributed by atoms with Crippen molar-refractivity contribution in [3.05, 3.63) is 102 Å². The lowest BCUT2D eigenvalue weighted by molar-refractivity contribution is -0.124. The number of aliphatic hydroxyl groups is 1. The van der Waals surface area contributed by atoms with Gasteiger partial charge in [-0.1, -0.05) is 91.8 Å². The molecule has 3 aromatic carbocycles. The third kappa shape index (κ3) is 12.8. The molecule has 3 aromatic rings. The smallest absolute Gasteiger partial charge is 0.405 e. The zero-order chi connectivity index (χ0) is 36.7. The van der Waals surface area contributed by atoms with Crippen molar-refractivity contribution in [2.24, 2.45) is 27.5 Å². The number of carboxylic acid groups (broad SMARTS) is 1. The van der Waals surface area contributed by atoms with Gasteiger partial charge >= 0.3 is 6.09 Å². The highest BCUT2D eigenvalue weighted by molar-refractivity contribution is 7.89. The maximum Gasteiger partial charge on any atom is 0.405 e. The molecular formula is C35H47N7O7S. The van der Waals surface area contributed by atoms with E-state index in [9.17, 15) is 28.2 Å². The fourth-order valence-corrected chi connectivity index (χ4v) is 7.10. The molecule has 0 aliphatic heterocycles. The Morgan fingerprint density at radius 2 is 1.44 bits per heavy atom. The van der Waals surface area contributed by atoms with Gasteiger partial charge in [-0.3, -0.25) is 4.79 Å². The largest absolute Gasteiger partial charge is 0.465 e. The molecule has 1 unspecified atom stereocenters. The van der Waals surface area contributed by atoms with Crippen LogP contribution in [0, 0.1) is 5.92 Å². The third-order valence-electron chi connectivity index (χ3n) is 7.82. The number of aliphatic hydroxyl groups excluding tert-OH is 1. The number of sulfonamides is 1. The van der Waals surface area contributed by atoms with Gasteiger partial charge in [0.15, 0.2) is 5.96 Å². The van der Waals surface area contributed by atoms with Crippen LogP contribution in [0.4, 0.5) is 4.79 Å². The maximum absolute atomic E-state index is 13.8. The number of carbonyl (C=O) groups excluding carboxylic acids is 1.